The Kier molecular flexibility index (Phi) is 5.08. The molecule has 0 fully saturated rings. The van der Waals surface area contributed by atoms with Gasteiger partial charge in [0.25, 0.3) is 5.91 Å². The molecule has 0 saturated heterocycles. The minimum Gasteiger partial charge on any atom is -0.465 e. The predicted octanol–water partition coefficient (Wildman–Crippen LogP) is 6.14. The monoisotopic (exact) mass is 462 g/mol. The summed E-state index contributed by atoms with van der Waals surface area (Å²) in [6.45, 7) is 0. The van der Waals surface area contributed by atoms with Gasteiger partial charge in [0, 0.05) is 21.4 Å². The summed E-state index contributed by atoms with van der Waals surface area (Å²) in [5.74, 6) is 1.23. The van der Waals surface area contributed by atoms with E-state index in [4.69, 9.17) is 9.40 Å². The van der Waals surface area contributed by atoms with E-state index in [0.717, 1.165) is 26.4 Å². The van der Waals surface area contributed by atoms with Crippen LogP contribution in [0.2, 0.25) is 0 Å². The van der Waals surface area contributed by atoms with Crippen LogP contribution in [0.5, 0.6) is 0 Å². The predicted molar refractivity (Wildman–Crippen MR) is 134 cm³/mol. The van der Waals surface area contributed by atoms with Crippen molar-refractivity contribution in [1.29, 1.82) is 0 Å². The molecule has 164 valence electrons. The first-order chi connectivity index (χ1) is 16.7. The fourth-order valence-electron chi connectivity index (χ4n) is 3.77. The lowest BCUT2D eigenvalue weighted by Gasteiger charge is -2.15. The maximum Gasteiger partial charge on any atom is 0.285 e. The van der Waals surface area contributed by atoms with Gasteiger partial charge < -0.3 is 9.40 Å². The molecule has 2 aromatic heterocycles. The second-order valence-corrected chi connectivity index (χ2v) is 8.79. The Balaban J connectivity index is 1.39. The molecule has 0 aliphatic carbocycles. The molecular weight excluding hydrogens is 444 g/mol. The number of fused-ring (bicyclic) bond motifs is 1. The van der Waals surface area contributed by atoms with Crippen molar-refractivity contribution >= 4 is 46.6 Å². The lowest BCUT2D eigenvalue weighted by Crippen LogP contribution is -2.33. The lowest BCUT2D eigenvalue weighted by atomic mass is 10.2. The van der Waals surface area contributed by atoms with Gasteiger partial charge in [-0.3, -0.25) is 4.79 Å². The summed E-state index contributed by atoms with van der Waals surface area (Å²) < 4.78 is 5.39. The molecule has 0 spiro atoms. The Labute approximate surface area is 199 Å². The van der Waals surface area contributed by atoms with E-state index in [0.29, 0.717) is 17.5 Å². The highest BCUT2D eigenvalue weighted by atomic mass is 32.2. The topological polar surface area (TPSA) is 74.5 Å². The van der Waals surface area contributed by atoms with Crippen molar-refractivity contribution in [3.63, 3.8) is 0 Å². The number of aromatic amines is 1. The number of imidazole rings is 1. The van der Waals surface area contributed by atoms with E-state index < -0.39 is 0 Å². The Bertz CT molecular complexity index is 1540. The van der Waals surface area contributed by atoms with Crippen LogP contribution < -0.4 is 4.90 Å². The molecule has 0 unspecified atom stereocenters. The highest BCUT2D eigenvalue weighted by Crippen LogP contribution is 2.32. The number of furan rings is 1. The molecule has 6 rings (SSSR count). The first-order valence-corrected chi connectivity index (χ1v) is 11.5. The van der Waals surface area contributed by atoms with Crippen molar-refractivity contribution in [3.05, 3.63) is 114 Å². The normalized spacial score (nSPS) is 14.8. The number of benzene rings is 3. The van der Waals surface area contributed by atoms with Crippen LogP contribution in [-0.4, -0.2) is 21.7 Å². The van der Waals surface area contributed by atoms with Gasteiger partial charge in [0.2, 0.25) is 5.95 Å². The van der Waals surface area contributed by atoms with Gasteiger partial charge in [-0.2, -0.15) is 0 Å². The number of carbonyl (C=O) groups is 1. The number of hydrogen-bond donors (Lipinski definition) is 1. The van der Waals surface area contributed by atoms with Gasteiger partial charge in [0.15, 0.2) is 5.84 Å². The summed E-state index contributed by atoms with van der Waals surface area (Å²) in [4.78, 5) is 29.9. The van der Waals surface area contributed by atoms with Crippen molar-refractivity contribution in [2.24, 2.45) is 4.99 Å². The molecule has 0 bridgehead atoms. The molecule has 0 radical (unpaired) electrons. The zero-order valence-electron chi connectivity index (χ0n) is 17.9. The van der Waals surface area contributed by atoms with Crippen LogP contribution in [0, 0.1) is 0 Å². The van der Waals surface area contributed by atoms with E-state index in [1.807, 2.05) is 66.7 Å². The number of amidine groups is 1. The van der Waals surface area contributed by atoms with Crippen LogP contribution in [0.4, 0.5) is 5.95 Å². The lowest BCUT2D eigenvalue weighted by molar-refractivity contribution is -0.113. The summed E-state index contributed by atoms with van der Waals surface area (Å²) in [5, 5.41) is 0. The van der Waals surface area contributed by atoms with Crippen LogP contribution in [0.15, 0.2) is 122 Å². The Morgan fingerprint density at radius 3 is 2.44 bits per heavy atom. The number of nitrogens with zero attached hydrogens (tertiary/aromatic N) is 3. The van der Waals surface area contributed by atoms with Gasteiger partial charge in [-0.1, -0.05) is 60.3 Å². The molecule has 1 aliphatic rings. The molecule has 7 heteroatoms. The van der Waals surface area contributed by atoms with E-state index in [1.54, 1.807) is 36.2 Å². The largest absolute Gasteiger partial charge is 0.465 e. The molecule has 5 aromatic rings. The van der Waals surface area contributed by atoms with Crippen LogP contribution >= 0.6 is 11.8 Å². The summed E-state index contributed by atoms with van der Waals surface area (Å²) in [6.07, 6.45) is 3.21. The van der Waals surface area contributed by atoms with Crippen molar-refractivity contribution in [2.75, 3.05) is 4.90 Å². The minimum atomic E-state index is -0.270. The number of anilines is 1. The van der Waals surface area contributed by atoms with E-state index in [1.165, 1.54) is 4.90 Å². The molecule has 34 heavy (non-hydrogen) atoms. The summed E-state index contributed by atoms with van der Waals surface area (Å²) >= 11 is 1.67. The number of carbonyl (C=O) groups excluding carboxylic acids is 1. The highest BCUT2D eigenvalue weighted by molar-refractivity contribution is 7.99. The average Bonchev–Trinajstić information content (AvgIpc) is 3.60. The number of aliphatic imine (C=N–C) groups is 1. The molecule has 0 saturated carbocycles. The van der Waals surface area contributed by atoms with Gasteiger partial charge in [-0.05, 0) is 42.5 Å². The zero-order valence-corrected chi connectivity index (χ0v) is 18.7. The van der Waals surface area contributed by atoms with Crippen molar-refractivity contribution in [2.45, 2.75) is 9.79 Å². The second-order valence-electron chi connectivity index (χ2n) is 7.64. The van der Waals surface area contributed by atoms with Gasteiger partial charge in [0.1, 0.15) is 11.5 Å². The second kappa shape index (κ2) is 8.53. The number of amides is 1. The quantitative estimate of drug-likeness (QED) is 0.318. The van der Waals surface area contributed by atoms with E-state index in [9.17, 15) is 4.79 Å². The molecule has 1 N–H and O–H groups in total. The molecule has 1 amide bonds. The van der Waals surface area contributed by atoms with Crippen LogP contribution in [0.1, 0.15) is 11.3 Å². The van der Waals surface area contributed by atoms with Crippen molar-refractivity contribution < 1.29 is 9.21 Å². The van der Waals surface area contributed by atoms with Crippen LogP contribution in [0.25, 0.3) is 17.1 Å². The standard InChI is InChI=1S/C27H18N4O2S/c32-26-24(16-19-10-7-15-33-19)28-25(18-8-3-1-4-9-18)31(26)27-29-22-14-13-21(17-23(22)30-27)34-20-11-5-2-6-12-20/h1-17H,(H,29,30)/b24-16+. The number of H-pyrrole nitrogens is 1. The summed E-state index contributed by atoms with van der Waals surface area (Å²) in [7, 11) is 0. The zero-order chi connectivity index (χ0) is 22.9. The molecule has 6 nitrogen and oxygen atoms in total. The first-order valence-electron chi connectivity index (χ1n) is 10.7. The van der Waals surface area contributed by atoms with Crippen LogP contribution in [0.3, 0.4) is 0 Å². The smallest absolute Gasteiger partial charge is 0.285 e. The maximum atomic E-state index is 13.4. The van der Waals surface area contributed by atoms with Crippen LogP contribution in [-0.2, 0) is 4.79 Å². The SMILES string of the molecule is O=C1/C(=C\c2ccco2)N=C(c2ccccc2)N1c1nc2ccc(Sc3ccccc3)cc2[nH]1. The number of aromatic nitrogens is 2. The molecule has 0 atom stereocenters. The highest BCUT2D eigenvalue weighted by Gasteiger charge is 2.34. The number of hydrogen-bond acceptors (Lipinski definition) is 5. The van der Waals surface area contributed by atoms with Crippen molar-refractivity contribution in [1.82, 2.24) is 9.97 Å². The van der Waals surface area contributed by atoms with Gasteiger partial charge in [-0.15, -0.1) is 0 Å². The average molecular weight is 463 g/mol. The van der Waals surface area contributed by atoms with E-state index in [-0.39, 0.29) is 11.6 Å². The molecule has 3 aromatic carbocycles. The Morgan fingerprint density at radius 1 is 0.882 bits per heavy atom. The third-order valence-electron chi connectivity index (χ3n) is 5.35. The molecule has 1 aliphatic heterocycles. The fourth-order valence-corrected chi connectivity index (χ4v) is 4.65. The van der Waals surface area contributed by atoms with E-state index in [2.05, 4.69) is 22.1 Å². The summed E-state index contributed by atoms with van der Waals surface area (Å²) in [5.41, 5.74) is 2.73. The first kappa shape index (κ1) is 20.3. The Morgan fingerprint density at radius 2 is 1.68 bits per heavy atom. The Hall–Kier alpha value is -4.36. The van der Waals surface area contributed by atoms with Gasteiger partial charge in [0.05, 0.1) is 17.3 Å². The van der Waals surface area contributed by atoms with Crippen molar-refractivity contribution in [3.8, 4) is 0 Å². The minimum absolute atomic E-state index is 0.270. The third kappa shape index (κ3) is 3.82. The number of nitrogens with one attached hydrogen (secondary N) is 1. The molecular formula is C27H18N4O2S. The fraction of sp³-hybridized carbons (Fsp3) is 0. The van der Waals surface area contributed by atoms with Gasteiger partial charge >= 0.3 is 0 Å². The third-order valence-corrected chi connectivity index (χ3v) is 6.34. The summed E-state index contributed by atoms with van der Waals surface area (Å²) in [6, 6.07) is 29.4. The maximum absolute atomic E-state index is 13.4. The number of rotatable bonds is 5. The van der Waals surface area contributed by atoms with Gasteiger partial charge in [-0.25, -0.2) is 14.9 Å². The van der Waals surface area contributed by atoms with E-state index >= 15 is 0 Å². The molecule has 3 heterocycles.